The number of benzene rings is 2. The maximum atomic E-state index is 13.5. The van der Waals surface area contributed by atoms with E-state index in [1.165, 1.54) is 17.2 Å². The van der Waals surface area contributed by atoms with Crippen LogP contribution in [0.3, 0.4) is 0 Å². The second kappa shape index (κ2) is 13.6. The summed E-state index contributed by atoms with van der Waals surface area (Å²) in [6.07, 6.45) is 7.06. The highest BCUT2D eigenvalue weighted by atomic mass is 16.6. The molecule has 0 spiro atoms. The molecule has 3 rings (SSSR count). The van der Waals surface area contributed by atoms with Crippen LogP contribution in [0.15, 0.2) is 60.3 Å². The highest BCUT2D eigenvalue weighted by Gasteiger charge is 2.37. The van der Waals surface area contributed by atoms with Crippen molar-refractivity contribution in [1.82, 2.24) is 0 Å². The van der Waals surface area contributed by atoms with Gasteiger partial charge in [0, 0.05) is 17.9 Å². The molecule has 2 N–H and O–H groups in total. The Morgan fingerprint density at radius 1 is 0.949 bits per heavy atom. The molecule has 0 radical (unpaired) electrons. The lowest BCUT2D eigenvalue weighted by Crippen LogP contribution is -2.34. The van der Waals surface area contributed by atoms with E-state index in [2.05, 4.69) is 56.9 Å². The lowest BCUT2D eigenvalue weighted by atomic mass is 9.63. The van der Waals surface area contributed by atoms with Crippen LogP contribution in [0.5, 0.6) is 0 Å². The summed E-state index contributed by atoms with van der Waals surface area (Å²) in [5, 5.41) is 16.1. The summed E-state index contributed by atoms with van der Waals surface area (Å²) in [6, 6.07) is 12.7. The van der Waals surface area contributed by atoms with E-state index in [0.717, 1.165) is 38.5 Å². The average Bonchev–Trinajstić information content (AvgIpc) is 2.91. The summed E-state index contributed by atoms with van der Waals surface area (Å²) < 4.78 is 5.06. The minimum atomic E-state index is -0.456. The van der Waals surface area contributed by atoms with Gasteiger partial charge in [0.25, 0.3) is 5.91 Å². The molecule has 0 saturated carbocycles. The molecule has 0 fully saturated rings. The molecular formula is C32H42N2O5. The number of ether oxygens (including phenoxy) is 1. The van der Waals surface area contributed by atoms with Crippen molar-refractivity contribution in [2.45, 2.75) is 77.0 Å². The second-order valence-corrected chi connectivity index (χ2v) is 11.4. The highest BCUT2D eigenvalue weighted by Crippen LogP contribution is 2.46. The van der Waals surface area contributed by atoms with Crippen LogP contribution >= 0.6 is 0 Å². The number of aliphatic hydroxyl groups excluding tert-OH is 1. The van der Waals surface area contributed by atoms with Gasteiger partial charge in [-0.05, 0) is 84.4 Å². The summed E-state index contributed by atoms with van der Waals surface area (Å²) >= 11 is 0. The van der Waals surface area contributed by atoms with Crippen LogP contribution in [0, 0.1) is 0 Å². The van der Waals surface area contributed by atoms with E-state index in [4.69, 9.17) is 14.7 Å². The summed E-state index contributed by atoms with van der Waals surface area (Å²) in [6.45, 7) is 13.3. The number of nitrogens with zero attached hydrogens (tertiary/aromatic N) is 1. The van der Waals surface area contributed by atoms with Crippen LogP contribution in [0.4, 0.5) is 5.69 Å². The molecule has 0 aromatic heterocycles. The Hall–Kier alpha value is -3.45. The third-order valence-corrected chi connectivity index (χ3v) is 7.35. The van der Waals surface area contributed by atoms with Gasteiger partial charge < -0.3 is 20.0 Å². The minimum absolute atomic E-state index is 0.0218. The molecule has 0 saturated heterocycles. The zero-order valence-electron chi connectivity index (χ0n) is 23.7. The predicted molar refractivity (Wildman–Crippen MR) is 155 cm³/mol. The number of aliphatic hydroxyl groups is 1. The topological polar surface area (TPSA) is 97.2 Å². The number of carbonyl (C=O) groups is 2. The van der Waals surface area contributed by atoms with Crippen molar-refractivity contribution >= 4 is 23.3 Å². The number of oxime groups is 1. The van der Waals surface area contributed by atoms with Crippen molar-refractivity contribution in [3.8, 4) is 0 Å². The quantitative estimate of drug-likeness (QED) is 0.103. The lowest BCUT2D eigenvalue weighted by Gasteiger charge is -2.42. The minimum Gasteiger partial charge on any atom is -0.458 e. The molecule has 0 heterocycles. The number of unbranched alkanes of at least 4 members (excludes halogenated alkanes) is 3. The van der Waals surface area contributed by atoms with Crippen molar-refractivity contribution in [3.05, 3.63) is 77.4 Å². The number of nitrogens with one attached hydrogen (secondary N) is 1. The van der Waals surface area contributed by atoms with E-state index >= 15 is 0 Å². The first kappa shape index (κ1) is 30.1. The normalized spacial score (nSPS) is 15.7. The Balaban J connectivity index is 1.84. The van der Waals surface area contributed by atoms with Gasteiger partial charge in [0.1, 0.15) is 13.2 Å². The van der Waals surface area contributed by atoms with E-state index in [1.54, 1.807) is 24.3 Å². The Labute approximate surface area is 232 Å². The molecule has 1 amide bonds. The van der Waals surface area contributed by atoms with Crippen LogP contribution in [-0.4, -0.2) is 42.5 Å². The van der Waals surface area contributed by atoms with Gasteiger partial charge in [0.2, 0.25) is 0 Å². The lowest BCUT2D eigenvalue weighted by molar-refractivity contribution is -0.110. The maximum Gasteiger partial charge on any atom is 0.338 e. The van der Waals surface area contributed by atoms with E-state index < -0.39 is 11.9 Å². The van der Waals surface area contributed by atoms with E-state index in [0.29, 0.717) is 23.4 Å². The third-order valence-electron chi connectivity index (χ3n) is 7.35. The van der Waals surface area contributed by atoms with Crippen LogP contribution in [0.1, 0.15) is 93.3 Å². The highest BCUT2D eigenvalue weighted by molar-refractivity contribution is 6.48. The number of esters is 1. The average molecular weight is 535 g/mol. The molecule has 0 unspecified atom stereocenters. The standard InChI is InChI=1S/C32H42N2O5/c1-6-20-38-30(37)23-11-14-25(15-12-23)33-29(36)28(34-39-21-10-8-7-9-19-35)24-13-16-26-27(22-24)32(4,5)18-17-31(26,2)3/h6,11-16,22,35H,1,7-10,17-21H2,2-5H3,(H,33,36)/b34-28-. The number of hydrogen-bond donors (Lipinski definition) is 2. The molecule has 1 aliphatic rings. The molecule has 7 heteroatoms. The fourth-order valence-corrected chi connectivity index (χ4v) is 4.80. The predicted octanol–water partition coefficient (Wildman–Crippen LogP) is 6.29. The zero-order valence-corrected chi connectivity index (χ0v) is 23.7. The summed E-state index contributed by atoms with van der Waals surface area (Å²) in [4.78, 5) is 31.2. The molecule has 210 valence electrons. The van der Waals surface area contributed by atoms with E-state index in [1.807, 2.05) is 6.07 Å². The first-order valence-corrected chi connectivity index (χ1v) is 13.7. The fraction of sp³-hybridized carbons (Fsp3) is 0.469. The summed E-state index contributed by atoms with van der Waals surface area (Å²) in [5.41, 5.74) is 4.36. The van der Waals surface area contributed by atoms with Crippen LogP contribution in [-0.2, 0) is 25.2 Å². The Bertz CT molecular complexity index is 1180. The van der Waals surface area contributed by atoms with Gasteiger partial charge in [0.15, 0.2) is 5.71 Å². The molecule has 2 aromatic rings. The number of amides is 1. The van der Waals surface area contributed by atoms with Gasteiger partial charge in [-0.15, -0.1) is 0 Å². The maximum absolute atomic E-state index is 13.5. The Morgan fingerprint density at radius 3 is 2.26 bits per heavy atom. The molecule has 39 heavy (non-hydrogen) atoms. The molecular weight excluding hydrogens is 492 g/mol. The van der Waals surface area contributed by atoms with Crippen LogP contribution in [0.2, 0.25) is 0 Å². The first-order valence-electron chi connectivity index (χ1n) is 13.7. The van der Waals surface area contributed by atoms with Crippen LogP contribution in [0.25, 0.3) is 0 Å². The molecule has 0 atom stereocenters. The molecule has 7 nitrogen and oxygen atoms in total. The van der Waals surface area contributed by atoms with E-state index in [-0.39, 0.29) is 29.8 Å². The smallest absolute Gasteiger partial charge is 0.338 e. The zero-order chi connectivity index (χ0) is 28.5. The number of anilines is 1. The number of rotatable bonds is 13. The summed E-state index contributed by atoms with van der Waals surface area (Å²) in [7, 11) is 0. The SMILES string of the molecule is C=CCOC(=O)c1ccc(NC(=O)/C(=N\OCCCCCCO)c2ccc3c(c2)C(C)(C)CCC3(C)C)cc1. The molecule has 0 bridgehead atoms. The van der Waals surface area contributed by atoms with Crippen molar-refractivity contribution in [2.24, 2.45) is 5.16 Å². The monoisotopic (exact) mass is 534 g/mol. The van der Waals surface area contributed by atoms with Crippen molar-refractivity contribution < 1.29 is 24.3 Å². The van der Waals surface area contributed by atoms with Crippen molar-refractivity contribution in [3.63, 3.8) is 0 Å². The first-order chi connectivity index (χ1) is 18.6. The number of fused-ring (bicyclic) bond motifs is 1. The molecule has 2 aromatic carbocycles. The third kappa shape index (κ3) is 8.02. The molecule has 1 aliphatic carbocycles. The van der Waals surface area contributed by atoms with Gasteiger partial charge in [-0.1, -0.05) is 64.1 Å². The number of hydrogen-bond acceptors (Lipinski definition) is 6. The van der Waals surface area contributed by atoms with Gasteiger partial charge in [-0.25, -0.2) is 4.79 Å². The van der Waals surface area contributed by atoms with Gasteiger partial charge in [0.05, 0.1) is 5.56 Å². The van der Waals surface area contributed by atoms with Crippen molar-refractivity contribution in [2.75, 3.05) is 25.1 Å². The van der Waals surface area contributed by atoms with Crippen LogP contribution < -0.4 is 5.32 Å². The van der Waals surface area contributed by atoms with Crippen molar-refractivity contribution in [1.29, 1.82) is 0 Å². The van der Waals surface area contributed by atoms with Gasteiger partial charge >= 0.3 is 5.97 Å². The van der Waals surface area contributed by atoms with Gasteiger partial charge in [-0.2, -0.15) is 0 Å². The fourth-order valence-electron chi connectivity index (χ4n) is 4.80. The largest absolute Gasteiger partial charge is 0.458 e. The second-order valence-electron chi connectivity index (χ2n) is 11.4. The Kier molecular flexibility index (Phi) is 10.5. The number of carbonyl (C=O) groups excluding carboxylic acids is 2. The van der Waals surface area contributed by atoms with Gasteiger partial charge in [-0.3, -0.25) is 4.79 Å². The Morgan fingerprint density at radius 2 is 1.59 bits per heavy atom. The molecule has 0 aliphatic heterocycles. The van der Waals surface area contributed by atoms with E-state index in [9.17, 15) is 9.59 Å². The summed E-state index contributed by atoms with van der Waals surface area (Å²) in [5.74, 6) is -0.855.